The summed E-state index contributed by atoms with van der Waals surface area (Å²) in [5, 5.41) is 18.6. The van der Waals surface area contributed by atoms with Crippen LogP contribution in [0.2, 0.25) is 0 Å². The van der Waals surface area contributed by atoms with E-state index in [1.807, 2.05) is 0 Å². The van der Waals surface area contributed by atoms with Crippen LogP contribution in [-0.2, 0) is 4.79 Å². The van der Waals surface area contributed by atoms with Crippen LogP contribution in [0.15, 0.2) is 29.2 Å². The van der Waals surface area contributed by atoms with E-state index in [4.69, 9.17) is 5.73 Å². The number of aliphatic hydroxyl groups is 2. The van der Waals surface area contributed by atoms with Crippen LogP contribution in [0.3, 0.4) is 0 Å². The highest BCUT2D eigenvalue weighted by molar-refractivity contribution is 7.80. The molecule has 0 aromatic heterocycles. The summed E-state index contributed by atoms with van der Waals surface area (Å²) in [7, 11) is 0. The number of thiol groups is 1. The lowest BCUT2D eigenvalue weighted by atomic mass is 10.0. The first kappa shape index (κ1) is 11.0. The van der Waals surface area contributed by atoms with Gasteiger partial charge in [0.25, 0.3) is 0 Å². The number of carbonyl (C=O) groups is 1. The first-order chi connectivity index (χ1) is 6.52. The van der Waals surface area contributed by atoms with Gasteiger partial charge < -0.3 is 15.9 Å². The molecule has 0 heterocycles. The summed E-state index contributed by atoms with van der Waals surface area (Å²) in [6.45, 7) is 0. The Balaban J connectivity index is 2.84. The molecule has 0 radical (unpaired) electrons. The van der Waals surface area contributed by atoms with Crippen molar-refractivity contribution in [1.29, 1.82) is 0 Å². The SMILES string of the molecule is NC(=O)C(O)C(O)c1ccc(S)cc1. The highest BCUT2D eigenvalue weighted by atomic mass is 32.1. The normalized spacial score (nSPS) is 14.8. The Morgan fingerprint density at radius 3 is 2.21 bits per heavy atom. The van der Waals surface area contributed by atoms with E-state index < -0.39 is 18.1 Å². The highest BCUT2D eigenvalue weighted by Crippen LogP contribution is 2.18. The van der Waals surface area contributed by atoms with Gasteiger partial charge in [0.1, 0.15) is 6.10 Å². The van der Waals surface area contributed by atoms with Crippen molar-refractivity contribution in [3.8, 4) is 0 Å². The van der Waals surface area contributed by atoms with Gasteiger partial charge in [-0.1, -0.05) is 12.1 Å². The van der Waals surface area contributed by atoms with Gasteiger partial charge in [0.2, 0.25) is 5.91 Å². The van der Waals surface area contributed by atoms with E-state index in [1.165, 1.54) is 0 Å². The lowest BCUT2D eigenvalue weighted by Gasteiger charge is -2.14. The molecular weight excluding hydrogens is 202 g/mol. The van der Waals surface area contributed by atoms with Crippen LogP contribution >= 0.6 is 12.6 Å². The quantitative estimate of drug-likeness (QED) is 0.527. The molecule has 76 valence electrons. The average molecular weight is 213 g/mol. The first-order valence-electron chi connectivity index (χ1n) is 3.96. The van der Waals surface area contributed by atoms with Crippen LogP contribution in [0, 0.1) is 0 Å². The van der Waals surface area contributed by atoms with Gasteiger partial charge in [-0.05, 0) is 17.7 Å². The van der Waals surface area contributed by atoms with E-state index in [0.717, 1.165) is 4.90 Å². The van der Waals surface area contributed by atoms with Crippen molar-refractivity contribution in [3.63, 3.8) is 0 Å². The fraction of sp³-hybridized carbons (Fsp3) is 0.222. The Morgan fingerprint density at radius 2 is 1.79 bits per heavy atom. The lowest BCUT2D eigenvalue weighted by Crippen LogP contribution is -2.33. The van der Waals surface area contributed by atoms with Crippen LogP contribution in [0.25, 0.3) is 0 Å². The zero-order chi connectivity index (χ0) is 10.7. The van der Waals surface area contributed by atoms with Gasteiger partial charge in [-0.15, -0.1) is 12.6 Å². The number of nitrogens with two attached hydrogens (primary N) is 1. The minimum absolute atomic E-state index is 0.425. The molecule has 0 bridgehead atoms. The monoisotopic (exact) mass is 213 g/mol. The van der Waals surface area contributed by atoms with Crippen LogP contribution in [0.4, 0.5) is 0 Å². The van der Waals surface area contributed by atoms with Crippen LogP contribution in [0.1, 0.15) is 11.7 Å². The molecule has 4 N–H and O–H groups in total. The van der Waals surface area contributed by atoms with Crippen molar-refractivity contribution >= 4 is 18.5 Å². The van der Waals surface area contributed by atoms with Gasteiger partial charge in [-0.2, -0.15) is 0 Å². The summed E-state index contributed by atoms with van der Waals surface area (Å²) in [6, 6.07) is 6.43. The molecule has 2 unspecified atom stereocenters. The molecule has 0 aliphatic carbocycles. The summed E-state index contributed by atoms with van der Waals surface area (Å²) < 4.78 is 0. The maximum absolute atomic E-state index is 10.6. The van der Waals surface area contributed by atoms with Crippen molar-refractivity contribution in [3.05, 3.63) is 29.8 Å². The lowest BCUT2D eigenvalue weighted by molar-refractivity contribution is -0.131. The van der Waals surface area contributed by atoms with Gasteiger partial charge >= 0.3 is 0 Å². The summed E-state index contributed by atoms with van der Waals surface area (Å²) in [6.07, 6.45) is -2.87. The predicted molar refractivity (Wildman–Crippen MR) is 53.9 cm³/mol. The topological polar surface area (TPSA) is 83.6 Å². The van der Waals surface area contributed by atoms with Crippen LogP contribution in [0.5, 0.6) is 0 Å². The van der Waals surface area contributed by atoms with Gasteiger partial charge in [0, 0.05) is 4.90 Å². The molecule has 1 amide bonds. The number of rotatable bonds is 3. The smallest absolute Gasteiger partial charge is 0.249 e. The molecule has 0 spiro atoms. The van der Waals surface area contributed by atoms with E-state index in [2.05, 4.69) is 12.6 Å². The molecule has 0 aliphatic rings. The Bertz CT molecular complexity index is 325. The van der Waals surface area contributed by atoms with Gasteiger partial charge in [-0.3, -0.25) is 4.79 Å². The average Bonchev–Trinajstić information content (AvgIpc) is 2.16. The molecular formula is C9H11NO3S. The van der Waals surface area contributed by atoms with Crippen molar-refractivity contribution in [2.24, 2.45) is 5.73 Å². The Morgan fingerprint density at radius 1 is 1.29 bits per heavy atom. The largest absolute Gasteiger partial charge is 0.385 e. The number of benzene rings is 1. The molecule has 5 heteroatoms. The molecule has 0 saturated heterocycles. The second kappa shape index (κ2) is 4.45. The zero-order valence-electron chi connectivity index (χ0n) is 7.29. The van der Waals surface area contributed by atoms with Crippen molar-refractivity contribution in [2.45, 2.75) is 17.1 Å². The third-order valence-corrected chi connectivity index (χ3v) is 2.12. The fourth-order valence-corrected chi connectivity index (χ4v) is 1.16. The second-order valence-corrected chi connectivity index (χ2v) is 3.40. The molecule has 1 aromatic rings. The minimum Gasteiger partial charge on any atom is -0.385 e. The van der Waals surface area contributed by atoms with E-state index in [0.29, 0.717) is 5.56 Å². The molecule has 1 aromatic carbocycles. The molecule has 0 saturated carbocycles. The van der Waals surface area contributed by atoms with Gasteiger partial charge in [0.05, 0.1) is 0 Å². The number of hydrogen-bond acceptors (Lipinski definition) is 4. The zero-order valence-corrected chi connectivity index (χ0v) is 8.19. The molecule has 2 atom stereocenters. The fourth-order valence-electron chi connectivity index (χ4n) is 1.01. The Labute approximate surface area is 86.8 Å². The predicted octanol–water partition coefficient (Wildman–Crippen LogP) is -0.145. The van der Waals surface area contributed by atoms with Gasteiger partial charge in [-0.25, -0.2) is 0 Å². The first-order valence-corrected chi connectivity index (χ1v) is 4.41. The maximum Gasteiger partial charge on any atom is 0.249 e. The van der Waals surface area contributed by atoms with E-state index >= 15 is 0 Å². The third-order valence-electron chi connectivity index (χ3n) is 1.83. The minimum atomic E-state index is -1.58. The number of aliphatic hydroxyl groups excluding tert-OH is 2. The molecule has 0 aliphatic heterocycles. The third kappa shape index (κ3) is 2.47. The number of primary amides is 1. The van der Waals surface area contributed by atoms with Crippen LogP contribution in [-0.4, -0.2) is 22.2 Å². The Kier molecular flexibility index (Phi) is 3.51. The summed E-state index contributed by atoms with van der Waals surface area (Å²) in [5.74, 6) is -0.951. The van der Waals surface area contributed by atoms with E-state index in [-0.39, 0.29) is 0 Å². The standard InChI is InChI=1S/C9H11NO3S/c10-9(13)8(12)7(11)5-1-3-6(14)4-2-5/h1-4,7-8,11-12,14H,(H2,10,13). The van der Waals surface area contributed by atoms with Crippen molar-refractivity contribution < 1.29 is 15.0 Å². The molecule has 14 heavy (non-hydrogen) atoms. The van der Waals surface area contributed by atoms with E-state index in [1.54, 1.807) is 24.3 Å². The summed E-state index contributed by atoms with van der Waals surface area (Å²) >= 11 is 4.06. The van der Waals surface area contributed by atoms with Crippen molar-refractivity contribution in [2.75, 3.05) is 0 Å². The molecule has 4 nitrogen and oxygen atoms in total. The second-order valence-electron chi connectivity index (χ2n) is 2.88. The maximum atomic E-state index is 10.6. The van der Waals surface area contributed by atoms with Crippen molar-refractivity contribution in [1.82, 2.24) is 0 Å². The number of hydrogen-bond donors (Lipinski definition) is 4. The Hall–Kier alpha value is -1.04. The molecule has 0 fully saturated rings. The number of carbonyl (C=O) groups excluding carboxylic acids is 1. The number of amides is 1. The van der Waals surface area contributed by atoms with E-state index in [9.17, 15) is 15.0 Å². The van der Waals surface area contributed by atoms with Crippen LogP contribution < -0.4 is 5.73 Å². The summed E-state index contributed by atoms with van der Waals surface area (Å²) in [5.41, 5.74) is 5.27. The molecule has 1 rings (SSSR count). The van der Waals surface area contributed by atoms with Gasteiger partial charge in [0.15, 0.2) is 6.10 Å². The summed E-state index contributed by atoms with van der Waals surface area (Å²) in [4.78, 5) is 11.3. The highest BCUT2D eigenvalue weighted by Gasteiger charge is 2.22.